The highest BCUT2D eigenvalue weighted by Gasteiger charge is 2.22. The van der Waals surface area contributed by atoms with Gasteiger partial charge in [0, 0.05) is 22.0 Å². The first kappa shape index (κ1) is 16.5. The van der Waals surface area contributed by atoms with E-state index in [9.17, 15) is 9.59 Å². The summed E-state index contributed by atoms with van der Waals surface area (Å²) in [6, 6.07) is 14.5. The number of carbonyl (C=O) groups is 2. The highest BCUT2D eigenvalue weighted by Crippen LogP contribution is 2.31. The zero-order chi connectivity index (χ0) is 16.9. The molecular formula is C18H17BrN2O3. The summed E-state index contributed by atoms with van der Waals surface area (Å²) in [7, 11) is 0. The fourth-order valence-electron chi connectivity index (χ4n) is 2.60. The first-order valence-electron chi connectivity index (χ1n) is 7.68. The van der Waals surface area contributed by atoms with Crippen molar-refractivity contribution in [2.75, 3.05) is 13.2 Å². The first-order valence-corrected chi connectivity index (χ1v) is 8.47. The third-order valence-electron chi connectivity index (χ3n) is 3.81. The van der Waals surface area contributed by atoms with Crippen LogP contribution < -0.4 is 15.4 Å². The van der Waals surface area contributed by atoms with Gasteiger partial charge < -0.3 is 15.4 Å². The number of para-hydroxylation sites is 1. The quantitative estimate of drug-likeness (QED) is 0.845. The van der Waals surface area contributed by atoms with Gasteiger partial charge in [0.25, 0.3) is 5.91 Å². The Bertz CT molecular complexity index is 746. The molecule has 0 unspecified atom stereocenters. The minimum Gasteiger partial charge on any atom is -0.493 e. The molecule has 0 bridgehead atoms. The maximum absolute atomic E-state index is 12.1. The number of hydrogen-bond donors (Lipinski definition) is 2. The van der Waals surface area contributed by atoms with Gasteiger partial charge in [0.05, 0.1) is 19.2 Å². The van der Waals surface area contributed by atoms with E-state index in [0.29, 0.717) is 18.6 Å². The predicted molar refractivity (Wildman–Crippen MR) is 93.9 cm³/mol. The van der Waals surface area contributed by atoms with Gasteiger partial charge in [-0.15, -0.1) is 0 Å². The number of ether oxygens (including phenoxy) is 1. The van der Waals surface area contributed by atoms with Crippen LogP contribution in [-0.2, 0) is 4.79 Å². The molecule has 1 aliphatic heterocycles. The number of hydrogen-bond acceptors (Lipinski definition) is 3. The molecule has 1 atom stereocenters. The van der Waals surface area contributed by atoms with Crippen LogP contribution in [-0.4, -0.2) is 25.0 Å². The average Bonchev–Trinajstić information content (AvgIpc) is 2.61. The molecule has 1 heterocycles. The summed E-state index contributed by atoms with van der Waals surface area (Å²) in [5.41, 5.74) is 1.48. The van der Waals surface area contributed by atoms with Crippen molar-refractivity contribution in [1.82, 2.24) is 10.6 Å². The second-order valence-electron chi connectivity index (χ2n) is 5.48. The smallest absolute Gasteiger partial charge is 0.251 e. The summed E-state index contributed by atoms with van der Waals surface area (Å²) >= 11 is 3.32. The van der Waals surface area contributed by atoms with Crippen molar-refractivity contribution in [3.63, 3.8) is 0 Å². The van der Waals surface area contributed by atoms with Gasteiger partial charge in [0.15, 0.2) is 0 Å². The summed E-state index contributed by atoms with van der Waals surface area (Å²) in [6.07, 6.45) is 0.712. The van der Waals surface area contributed by atoms with E-state index >= 15 is 0 Å². The third kappa shape index (κ3) is 3.94. The summed E-state index contributed by atoms with van der Waals surface area (Å²) in [5.74, 6) is 0.306. The molecule has 2 aromatic carbocycles. The summed E-state index contributed by atoms with van der Waals surface area (Å²) < 4.78 is 6.47. The molecule has 2 amide bonds. The highest BCUT2D eigenvalue weighted by molar-refractivity contribution is 9.10. The van der Waals surface area contributed by atoms with Gasteiger partial charge in [-0.05, 0) is 30.3 Å². The van der Waals surface area contributed by atoms with Gasteiger partial charge in [-0.1, -0.05) is 34.1 Å². The Morgan fingerprint density at radius 2 is 1.88 bits per heavy atom. The van der Waals surface area contributed by atoms with E-state index in [0.717, 1.165) is 15.8 Å². The lowest BCUT2D eigenvalue weighted by Gasteiger charge is -2.26. The first-order chi connectivity index (χ1) is 11.6. The maximum Gasteiger partial charge on any atom is 0.251 e. The number of rotatable bonds is 4. The van der Waals surface area contributed by atoms with Crippen LogP contribution in [0.5, 0.6) is 5.75 Å². The second kappa shape index (κ2) is 7.49. The van der Waals surface area contributed by atoms with Crippen molar-refractivity contribution in [2.45, 2.75) is 12.5 Å². The summed E-state index contributed by atoms with van der Waals surface area (Å²) in [5, 5.41) is 5.58. The molecule has 0 saturated carbocycles. The molecular weight excluding hydrogens is 372 g/mol. The van der Waals surface area contributed by atoms with Crippen molar-refractivity contribution in [2.24, 2.45) is 0 Å². The molecule has 0 fully saturated rings. The zero-order valence-corrected chi connectivity index (χ0v) is 14.5. The van der Waals surface area contributed by atoms with E-state index in [1.54, 1.807) is 24.3 Å². The van der Waals surface area contributed by atoms with Gasteiger partial charge in [-0.25, -0.2) is 0 Å². The Hall–Kier alpha value is -2.34. The molecule has 0 spiro atoms. The fourth-order valence-corrected chi connectivity index (χ4v) is 2.87. The van der Waals surface area contributed by atoms with Crippen LogP contribution in [0.3, 0.4) is 0 Å². The van der Waals surface area contributed by atoms with Crippen LogP contribution in [0.1, 0.15) is 28.4 Å². The van der Waals surface area contributed by atoms with Crippen molar-refractivity contribution in [3.8, 4) is 5.75 Å². The standard InChI is InChI=1S/C18H17BrN2O3/c19-13-7-5-12(6-8-13)18(23)20-11-17(22)21-15-9-10-24-16-4-2-1-3-14(15)16/h1-8,15H,9-11H2,(H,20,23)(H,21,22)/t15-/m1/s1. The molecule has 0 saturated heterocycles. The molecule has 6 heteroatoms. The molecule has 1 aliphatic rings. The lowest BCUT2D eigenvalue weighted by molar-refractivity contribution is -0.121. The molecule has 5 nitrogen and oxygen atoms in total. The van der Waals surface area contributed by atoms with Crippen LogP contribution in [0.4, 0.5) is 0 Å². The van der Waals surface area contributed by atoms with Crippen LogP contribution >= 0.6 is 15.9 Å². The highest BCUT2D eigenvalue weighted by atomic mass is 79.9. The van der Waals surface area contributed by atoms with Gasteiger partial charge >= 0.3 is 0 Å². The number of nitrogens with one attached hydrogen (secondary N) is 2. The number of amides is 2. The van der Waals surface area contributed by atoms with Crippen molar-refractivity contribution in [3.05, 3.63) is 64.1 Å². The fraction of sp³-hybridized carbons (Fsp3) is 0.222. The Morgan fingerprint density at radius 1 is 1.12 bits per heavy atom. The molecule has 0 aromatic heterocycles. The van der Waals surface area contributed by atoms with E-state index in [4.69, 9.17) is 4.74 Å². The van der Waals surface area contributed by atoms with Crippen molar-refractivity contribution in [1.29, 1.82) is 0 Å². The Labute approximate surface area is 148 Å². The molecule has 124 valence electrons. The van der Waals surface area contributed by atoms with Crippen LogP contribution in [0.25, 0.3) is 0 Å². The summed E-state index contributed by atoms with van der Waals surface area (Å²) in [6.45, 7) is 0.502. The Balaban J connectivity index is 1.55. The Kier molecular flexibility index (Phi) is 5.15. The molecule has 2 N–H and O–H groups in total. The van der Waals surface area contributed by atoms with Crippen LogP contribution in [0, 0.1) is 0 Å². The van der Waals surface area contributed by atoms with Gasteiger partial charge in [0.2, 0.25) is 5.91 Å². The number of halogens is 1. The molecule has 24 heavy (non-hydrogen) atoms. The molecule has 3 rings (SSSR count). The minimum absolute atomic E-state index is 0.0611. The number of benzene rings is 2. The largest absolute Gasteiger partial charge is 0.493 e. The molecule has 0 radical (unpaired) electrons. The number of fused-ring (bicyclic) bond motifs is 1. The molecule has 2 aromatic rings. The van der Waals surface area contributed by atoms with Crippen LogP contribution in [0.2, 0.25) is 0 Å². The zero-order valence-electron chi connectivity index (χ0n) is 12.9. The van der Waals surface area contributed by atoms with Gasteiger partial charge in [-0.2, -0.15) is 0 Å². The normalized spacial score (nSPS) is 15.8. The van der Waals surface area contributed by atoms with E-state index < -0.39 is 0 Å². The SMILES string of the molecule is O=C(CNC(=O)c1ccc(Br)cc1)N[C@@H]1CCOc2ccccc21. The van der Waals surface area contributed by atoms with Crippen molar-refractivity contribution < 1.29 is 14.3 Å². The molecule has 0 aliphatic carbocycles. The summed E-state index contributed by atoms with van der Waals surface area (Å²) in [4.78, 5) is 24.2. The topological polar surface area (TPSA) is 67.4 Å². The lowest BCUT2D eigenvalue weighted by atomic mass is 10.0. The maximum atomic E-state index is 12.1. The van der Waals surface area contributed by atoms with Crippen molar-refractivity contribution >= 4 is 27.7 Å². The Morgan fingerprint density at radius 3 is 2.67 bits per heavy atom. The number of carbonyl (C=O) groups excluding carboxylic acids is 2. The van der Waals surface area contributed by atoms with Crippen LogP contribution in [0.15, 0.2) is 53.0 Å². The lowest BCUT2D eigenvalue weighted by Crippen LogP contribution is -2.39. The third-order valence-corrected chi connectivity index (χ3v) is 4.34. The van der Waals surface area contributed by atoms with Gasteiger partial charge in [-0.3, -0.25) is 9.59 Å². The van der Waals surface area contributed by atoms with E-state index in [1.807, 2.05) is 24.3 Å². The minimum atomic E-state index is -0.273. The van der Waals surface area contributed by atoms with E-state index in [-0.39, 0.29) is 24.4 Å². The average molecular weight is 389 g/mol. The van der Waals surface area contributed by atoms with E-state index in [1.165, 1.54) is 0 Å². The van der Waals surface area contributed by atoms with Gasteiger partial charge in [0.1, 0.15) is 5.75 Å². The van der Waals surface area contributed by atoms with E-state index in [2.05, 4.69) is 26.6 Å². The monoisotopic (exact) mass is 388 g/mol. The second-order valence-corrected chi connectivity index (χ2v) is 6.40. The predicted octanol–water partition coefficient (Wildman–Crippen LogP) is 2.82.